The van der Waals surface area contributed by atoms with Crippen LogP contribution in [0.3, 0.4) is 0 Å². The highest BCUT2D eigenvalue weighted by Gasteiger charge is 2.52. The van der Waals surface area contributed by atoms with Crippen molar-refractivity contribution >= 4 is 23.6 Å². The zero-order chi connectivity index (χ0) is 14.4. The van der Waals surface area contributed by atoms with Crippen LogP contribution in [0.25, 0.3) is 0 Å². The quantitative estimate of drug-likeness (QED) is 0.822. The molecule has 6 heteroatoms. The first-order valence-corrected chi connectivity index (χ1v) is 6.57. The van der Waals surface area contributed by atoms with Crippen LogP contribution in [0, 0.1) is 17.8 Å². The molecule has 2 amide bonds. The van der Waals surface area contributed by atoms with Crippen molar-refractivity contribution in [2.75, 3.05) is 4.90 Å². The lowest BCUT2D eigenvalue weighted by Crippen LogP contribution is -2.33. The van der Waals surface area contributed by atoms with E-state index < -0.39 is 5.97 Å². The molecule has 1 aromatic heterocycles. The van der Waals surface area contributed by atoms with E-state index in [9.17, 15) is 14.4 Å². The Kier molecular flexibility index (Phi) is 2.81. The summed E-state index contributed by atoms with van der Waals surface area (Å²) in [6, 6.07) is 4.32. The monoisotopic (exact) mass is 274 g/mol. The van der Waals surface area contributed by atoms with Crippen molar-refractivity contribution in [1.29, 1.82) is 0 Å². The topological polar surface area (TPSA) is 87.6 Å². The SMILES string of the molecule is CC1CC2C(=O)N(c3cccc(C(=O)O)n3)C(=O)C2C1. The molecule has 0 aromatic carbocycles. The third-order valence-corrected chi connectivity index (χ3v) is 4.06. The molecular weight excluding hydrogens is 260 g/mol. The molecule has 104 valence electrons. The molecule has 1 N–H and O–H groups in total. The minimum Gasteiger partial charge on any atom is -0.477 e. The lowest BCUT2D eigenvalue weighted by Gasteiger charge is -2.16. The molecular formula is C14H14N2O4. The molecule has 3 rings (SSSR count). The van der Waals surface area contributed by atoms with Gasteiger partial charge in [-0.05, 0) is 30.9 Å². The van der Waals surface area contributed by atoms with Gasteiger partial charge in [0.1, 0.15) is 5.82 Å². The Labute approximate surface area is 115 Å². The van der Waals surface area contributed by atoms with Gasteiger partial charge in [-0.15, -0.1) is 0 Å². The van der Waals surface area contributed by atoms with Gasteiger partial charge in [0, 0.05) is 0 Å². The second-order valence-electron chi connectivity index (χ2n) is 5.49. The summed E-state index contributed by atoms with van der Waals surface area (Å²) in [5.41, 5.74) is -0.173. The molecule has 0 radical (unpaired) electrons. The van der Waals surface area contributed by atoms with Crippen LogP contribution in [0.1, 0.15) is 30.3 Å². The van der Waals surface area contributed by atoms with Crippen LogP contribution >= 0.6 is 0 Å². The number of nitrogens with zero attached hydrogens (tertiary/aromatic N) is 2. The Bertz CT molecular complexity index is 589. The number of rotatable bonds is 2. The van der Waals surface area contributed by atoms with Gasteiger partial charge in [-0.25, -0.2) is 14.7 Å². The number of hydrogen-bond acceptors (Lipinski definition) is 4. The van der Waals surface area contributed by atoms with Crippen LogP contribution in [-0.4, -0.2) is 27.9 Å². The fourth-order valence-electron chi connectivity index (χ4n) is 3.17. The average molecular weight is 274 g/mol. The van der Waals surface area contributed by atoms with Crippen LogP contribution in [0.15, 0.2) is 18.2 Å². The maximum Gasteiger partial charge on any atom is 0.354 e. The van der Waals surface area contributed by atoms with Crippen LogP contribution in [0.5, 0.6) is 0 Å². The first-order chi connectivity index (χ1) is 9.49. The first-order valence-electron chi connectivity index (χ1n) is 6.57. The summed E-state index contributed by atoms with van der Waals surface area (Å²) in [6.45, 7) is 2.03. The molecule has 1 saturated heterocycles. The highest BCUT2D eigenvalue weighted by Crippen LogP contribution is 2.43. The fraction of sp³-hybridized carbons (Fsp3) is 0.429. The van der Waals surface area contributed by atoms with E-state index in [-0.39, 0.29) is 35.2 Å². The number of aromatic carboxylic acids is 1. The summed E-state index contributed by atoms with van der Waals surface area (Å²) < 4.78 is 0. The lowest BCUT2D eigenvalue weighted by molar-refractivity contribution is -0.123. The third-order valence-electron chi connectivity index (χ3n) is 4.06. The van der Waals surface area contributed by atoms with E-state index in [2.05, 4.69) is 4.98 Å². The highest BCUT2D eigenvalue weighted by atomic mass is 16.4. The molecule has 0 spiro atoms. The summed E-state index contributed by atoms with van der Waals surface area (Å²) in [7, 11) is 0. The summed E-state index contributed by atoms with van der Waals surface area (Å²) in [5.74, 6) is -1.74. The smallest absolute Gasteiger partial charge is 0.354 e. The van der Waals surface area contributed by atoms with Crippen molar-refractivity contribution in [2.24, 2.45) is 17.8 Å². The van der Waals surface area contributed by atoms with Crippen molar-refractivity contribution in [3.05, 3.63) is 23.9 Å². The number of amides is 2. The van der Waals surface area contributed by atoms with Gasteiger partial charge in [0.2, 0.25) is 11.8 Å². The standard InChI is InChI=1S/C14H14N2O4/c1-7-5-8-9(6-7)13(18)16(12(8)17)11-4-2-3-10(15-11)14(19)20/h2-4,7-9H,5-6H2,1H3,(H,19,20). The Morgan fingerprint density at radius 1 is 1.25 bits per heavy atom. The van der Waals surface area contributed by atoms with Crippen LogP contribution in [0.4, 0.5) is 5.82 Å². The normalized spacial score (nSPS) is 28.9. The minimum absolute atomic E-state index is 0.113. The molecule has 2 heterocycles. The van der Waals surface area contributed by atoms with E-state index in [0.29, 0.717) is 18.8 Å². The average Bonchev–Trinajstić information content (AvgIpc) is 2.89. The van der Waals surface area contributed by atoms with Gasteiger partial charge in [-0.2, -0.15) is 0 Å². The Balaban J connectivity index is 1.96. The molecule has 20 heavy (non-hydrogen) atoms. The van der Waals surface area contributed by atoms with Gasteiger partial charge in [-0.1, -0.05) is 13.0 Å². The van der Waals surface area contributed by atoms with Gasteiger partial charge < -0.3 is 5.11 Å². The van der Waals surface area contributed by atoms with Crippen molar-refractivity contribution in [3.8, 4) is 0 Å². The fourth-order valence-corrected chi connectivity index (χ4v) is 3.17. The molecule has 2 aliphatic rings. The third kappa shape index (κ3) is 1.79. The van der Waals surface area contributed by atoms with Gasteiger partial charge in [0.05, 0.1) is 11.8 Å². The second kappa shape index (κ2) is 4.40. The second-order valence-corrected chi connectivity index (χ2v) is 5.49. The number of carbonyl (C=O) groups excluding carboxylic acids is 2. The number of carboxylic acid groups (broad SMARTS) is 1. The van der Waals surface area contributed by atoms with Crippen molar-refractivity contribution in [1.82, 2.24) is 4.98 Å². The molecule has 0 bridgehead atoms. The van der Waals surface area contributed by atoms with Crippen LogP contribution in [-0.2, 0) is 9.59 Å². The summed E-state index contributed by atoms with van der Waals surface area (Å²) in [5, 5.41) is 8.93. The van der Waals surface area contributed by atoms with Crippen molar-refractivity contribution in [3.63, 3.8) is 0 Å². The van der Waals surface area contributed by atoms with Crippen LogP contribution in [0.2, 0.25) is 0 Å². The van der Waals surface area contributed by atoms with E-state index in [1.165, 1.54) is 18.2 Å². The van der Waals surface area contributed by atoms with E-state index in [1.807, 2.05) is 6.92 Å². The van der Waals surface area contributed by atoms with Gasteiger partial charge in [0.15, 0.2) is 5.69 Å². The van der Waals surface area contributed by atoms with Crippen molar-refractivity contribution in [2.45, 2.75) is 19.8 Å². The van der Waals surface area contributed by atoms with E-state index >= 15 is 0 Å². The minimum atomic E-state index is -1.18. The van der Waals surface area contributed by atoms with E-state index in [0.717, 1.165) is 4.90 Å². The van der Waals surface area contributed by atoms with Crippen LogP contribution < -0.4 is 4.90 Å². The number of aromatic nitrogens is 1. The first kappa shape index (κ1) is 12.8. The Hall–Kier alpha value is -2.24. The largest absolute Gasteiger partial charge is 0.477 e. The number of hydrogen-bond donors (Lipinski definition) is 1. The number of carboxylic acids is 1. The predicted octanol–water partition coefficient (Wildman–Crippen LogP) is 1.32. The molecule has 1 saturated carbocycles. The summed E-state index contributed by atoms with van der Waals surface area (Å²) in [6.07, 6.45) is 1.43. The predicted molar refractivity (Wildman–Crippen MR) is 69.1 cm³/mol. The number of anilines is 1. The molecule has 1 aromatic rings. The zero-order valence-electron chi connectivity index (χ0n) is 10.9. The van der Waals surface area contributed by atoms with E-state index in [1.54, 1.807) is 0 Å². The Morgan fingerprint density at radius 2 is 1.85 bits per heavy atom. The lowest BCUT2D eigenvalue weighted by atomic mass is 10.00. The molecule has 2 unspecified atom stereocenters. The maximum atomic E-state index is 12.3. The highest BCUT2D eigenvalue weighted by molar-refractivity contribution is 6.21. The molecule has 1 aliphatic heterocycles. The summed E-state index contributed by atoms with van der Waals surface area (Å²) >= 11 is 0. The molecule has 2 atom stereocenters. The number of carbonyl (C=O) groups is 3. The molecule has 6 nitrogen and oxygen atoms in total. The van der Waals surface area contributed by atoms with Crippen molar-refractivity contribution < 1.29 is 19.5 Å². The Morgan fingerprint density at radius 3 is 2.40 bits per heavy atom. The van der Waals surface area contributed by atoms with E-state index in [4.69, 9.17) is 5.11 Å². The number of fused-ring (bicyclic) bond motifs is 1. The van der Waals surface area contributed by atoms with Gasteiger partial charge in [0.25, 0.3) is 0 Å². The molecule has 2 fully saturated rings. The van der Waals surface area contributed by atoms with Gasteiger partial charge in [-0.3, -0.25) is 9.59 Å². The van der Waals surface area contributed by atoms with Gasteiger partial charge >= 0.3 is 5.97 Å². The summed E-state index contributed by atoms with van der Waals surface area (Å²) in [4.78, 5) is 40.5. The number of imide groups is 1. The number of pyridine rings is 1. The zero-order valence-corrected chi connectivity index (χ0v) is 10.9. The molecule has 1 aliphatic carbocycles. The maximum absolute atomic E-state index is 12.3.